The highest BCUT2D eigenvalue weighted by atomic mass is 79.9. The zero-order valence-electron chi connectivity index (χ0n) is 12.8. The fraction of sp³-hybridized carbons (Fsp3) is 0.357. The lowest BCUT2D eigenvalue weighted by Gasteiger charge is -2.13. The first-order valence-corrected chi connectivity index (χ1v) is 7.89. The molecular weight excluding hydrogens is 391 g/mol. The maximum absolute atomic E-state index is 13.6. The molecule has 3 aromatic rings. The van der Waals surface area contributed by atoms with Crippen LogP contribution in [0.1, 0.15) is 25.8 Å². The first-order chi connectivity index (χ1) is 11.3. The van der Waals surface area contributed by atoms with Crippen molar-refractivity contribution in [3.63, 3.8) is 0 Å². The van der Waals surface area contributed by atoms with Crippen LogP contribution in [0.15, 0.2) is 29.3 Å². The first kappa shape index (κ1) is 16.9. The molecule has 0 N–H and O–H groups in total. The van der Waals surface area contributed by atoms with Crippen molar-refractivity contribution >= 4 is 21.6 Å². The van der Waals surface area contributed by atoms with E-state index in [1.54, 1.807) is 6.92 Å². The summed E-state index contributed by atoms with van der Waals surface area (Å²) in [5.41, 5.74) is -0.500. The zero-order chi connectivity index (χ0) is 17.5. The quantitative estimate of drug-likeness (QED) is 0.662. The number of rotatable bonds is 4. The monoisotopic (exact) mass is 403 g/mol. The van der Waals surface area contributed by atoms with Crippen molar-refractivity contribution in [2.45, 2.75) is 26.3 Å². The number of hydrogen-bond acceptors (Lipinski definition) is 4. The van der Waals surface area contributed by atoms with Crippen molar-refractivity contribution in [2.75, 3.05) is 6.61 Å². The van der Waals surface area contributed by atoms with Crippen LogP contribution in [0.2, 0.25) is 0 Å². The Hall–Kier alpha value is -1.94. The molecular formula is C14H13BrF3N5O. The predicted octanol–water partition coefficient (Wildman–Crippen LogP) is 3.93. The van der Waals surface area contributed by atoms with Crippen molar-refractivity contribution < 1.29 is 17.9 Å². The molecule has 0 spiro atoms. The van der Waals surface area contributed by atoms with Gasteiger partial charge in [0.25, 0.3) is 0 Å². The molecule has 24 heavy (non-hydrogen) atoms. The molecule has 0 bridgehead atoms. The van der Waals surface area contributed by atoms with Gasteiger partial charge >= 0.3 is 6.18 Å². The number of fused-ring (bicyclic) bond motifs is 1. The highest BCUT2D eigenvalue weighted by Crippen LogP contribution is 2.37. The van der Waals surface area contributed by atoms with E-state index in [4.69, 9.17) is 4.74 Å². The Bertz CT molecular complexity index is 873. The lowest BCUT2D eigenvalue weighted by Crippen LogP contribution is -2.14. The molecule has 0 saturated carbocycles. The van der Waals surface area contributed by atoms with E-state index in [0.717, 1.165) is 4.52 Å². The second-order valence-electron chi connectivity index (χ2n) is 5.01. The molecule has 1 unspecified atom stereocenters. The summed E-state index contributed by atoms with van der Waals surface area (Å²) in [5, 5.41) is 7.88. The molecule has 3 aromatic heterocycles. The molecule has 0 saturated heterocycles. The van der Waals surface area contributed by atoms with Crippen LogP contribution in [0.5, 0.6) is 0 Å². The van der Waals surface area contributed by atoms with Crippen LogP contribution >= 0.6 is 15.9 Å². The molecule has 6 nitrogen and oxygen atoms in total. The molecule has 3 rings (SSSR count). The fourth-order valence-electron chi connectivity index (χ4n) is 2.42. The smallest absolute Gasteiger partial charge is 0.357 e. The average molecular weight is 404 g/mol. The Labute approximate surface area is 143 Å². The molecule has 10 heteroatoms. The van der Waals surface area contributed by atoms with E-state index in [9.17, 15) is 13.2 Å². The molecule has 128 valence electrons. The average Bonchev–Trinajstić information content (AvgIpc) is 3.10. The number of halogens is 4. The SMILES string of the molecule is CCOC(C)n1cc(-c2ccc3nc(Br)nn3c2C(F)(F)F)cn1. The topological polar surface area (TPSA) is 57.2 Å². The van der Waals surface area contributed by atoms with Gasteiger partial charge in [0.15, 0.2) is 11.3 Å². The lowest BCUT2D eigenvalue weighted by atomic mass is 10.1. The Kier molecular flexibility index (Phi) is 4.35. The van der Waals surface area contributed by atoms with E-state index >= 15 is 0 Å². The summed E-state index contributed by atoms with van der Waals surface area (Å²) in [6.07, 6.45) is -2.08. The van der Waals surface area contributed by atoms with Crippen LogP contribution in [0.3, 0.4) is 0 Å². The number of pyridine rings is 1. The number of nitrogens with zero attached hydrogens (tertiary/aromatic N) is 5. The van der Waals surface area contributed by atoms with Gasteiger partial charge in [-0.2, -0.15) is 18.3 Å². The third kappa shape index (κ3) is 3.03. The second-order valence-corrected chi connectivity index (χ2v) is 5.72. The van der Waals surface area contributed by atoms with Gasteiger partial charge in [-0.15, -0.1) is 5.10 Å². The van der Waals surface area contributed by atoms with Crippen LogP contribution in [-0.2, 0) is 10.9 Å². The van der Waals surface area contributed by atoms with Gasteiger partial charge in [-0.1, -0.05) is 0 Å². The second kappa shape index (κ2) is 6.17. The number of alkyl halides is 3. The Morgan fingerprint density at radius 1 is 1.33 bits per heavy atom. The summed E-state index contributed by atoms with van der Waals surface area (Å²) in [5.74, 6) is 0. The minimum atomic E-state index is -4.60. The molecule has 3 heterocycles. The van der Waals surface area contributed by atoms with Gasteiger partial charge in [-0.05, 0) is 41.9 Å². The molecule has 1 atom stereocenters. The van der Waals surface area contributed by atoms with Crippen molar-refractivity contribution in [1.29, 1.82) is 0 Å². The molecule has 0 aliphatic heterocycles. The molecule has 0 amide bonds. The Morgan fingerprint density at radius 3 is 2.75 bits per heavy atom. The highest BCUT2D eigenvalue weighted by Gasteiger charge is 2.38. The standard InChI is InChI=1S/C14H13BrF3N5O/c1-3-24-8(2)22-7-9(6-19-22)10-4-5-11-20-13(15)21-23(11)12(10)14(16,17)18/h4-8H,3H2,1-2H3. The summed E-state index contributed by atoms with van der Waals surface area (Å²) in [7, 11) is 0. The molecule has 0 aliphatic rings. The van der Waals surface area contributed by atoms with E-state index < -0.39 is 11.9 Å². The van der Waals surface area contributed by atoms with Crippen molar-refractivity contribution in [2.24, 2.45) is 0 Å². The predicted molar refractivity (Wildman–Crippen MR) is 83.2 cm³/mol. The van der Waals surface area contributed by atoms with E-state index in [1.165, 1.54) is 29.2 Å². The summed E-state index contributed by atoms with van der Waals surface area (Å²) in [4.78, 5) is 3.91. The molecule has 0 aliphatic carbocycles. The third-order valence-electron chi connectivity index (χ3n) is 3.43. The number of hydrogen-bond donors (Lipinski definition) is 0. The van der Waals surface area contributed by atoms with Crippen molar-refractivity contribution in [3.8, 4) is 11.1 Å². The van der Waals surface area contributed by atoms with Gasteiger partial charge < -0.3 is 4.74 Å². The van der Waals surface area contributed by atoms with Crippen LogP contribution in [0.4, 0.5) is 13.2 Å². The Balaban J connectivity index is 2.16. The zero-order valence-corrected chi connectivity index (χ0v) is 14.3. The number of ether oxygens (including phenoxy) is 1. The molecule has 0 aromatic carbocycles. The normalized spacial score (nSPS) is 13.6. The van der Waals surface area contributed by atoms with Crippen LogP contribution in [0, 0.1) is 0 Å². The van der Waals surface area contributed by atoms with Gasteiger partial charge in [-0.25, -0.2) is 14.2 Å². The van der Waals surface area contributed by atoms with Gasteiger partial charge in [0.05, 0.1) is 6.20 Å². The van der Waals surface area contributed by atoms with Crippen LogP contribution in [-0.4, -0.2) is 31.0 Å². The van der Waals surface area contributed by atoms with Crippen LogP contribution < -0.4 is 0 Å². The minimum Gasteiger partial charge on any atom is -0.357 e. The molecule has 0 radical (unpaired) electrons. The van der Waals surface area contributed by atoms with E-state index in [-0.39, 0.29) is 22.2 Å². The van der Waals surface area contributed by atoms with Gasteiger partial charge in [0, 0.05) is 23.9 Å². The summed E-state index contributed by atoms with van der Waals surface area (Å²) >= 11 is 3.00. The van der Waals surface area contributed by atoms with Gasteiger partial charge in [0.2, 0.25) is 4.73 Å². The fourth-order valence-corrected chi connectivity index (χ4v) is 2.76. The van der Waals surface area contributed by atoms with Crippen LogP contribution in [0.25, 0.3) is 16.8 Å². The van der Waals surface area contributed by atoms with Crippen molar-refractivity contribution in [3.05, 3.63) is 35.0 Å². The molecule has 0 fully saturated rings. The summed E-state index contributed by atoms with van der Waals surface area (Å²) < 4.78 is 48.5. The van der Waals surface area contributed by atoms with Gasteiger partial charge in [-0.3, -0.25) is 0 Å². The maximum atomic E-state index is 13.6. The first-order valence-electron chi connectivity index (χ1n) is 7.10. The van der Waals surface area contributed by atoms with E-state index in [1.807, 2.05) is 6.92 Å². The minimum absolute atomic E-state index is 0.0256. The maximum Gasteiger partial charge on any atom is 0.434 e. The van der Waals surface area contributed by atoms with E-state index in [0.29, 0.717) is 12.2 Å². The largest absolute Gasteiger partial charge is 0.434 e. The highest BCUT2D eigenvalue weighted by molar-refractivity contribution is 9.10. The Morgan fingerprint density at radius 2 is 2.08 bits per heavy atom. The van der Waals surface area contributed by atoms with E-state index in [2.05, 4.69) is 31.1 Å². The van der Waals surface area contributed by atoms with Gasteiger partial charge in [0.1, 0.15) is 6.23 Å². The summed E-state index contributed by atoms with van der Waals surface area (Å²) in [6, 6.07) is 2.84. The van der Waals surface area contributed by atoms with Crippen molar-refractivity contribution in [1.82, 2.24) is 24.4 Å². The lowest BCUT2D eigenvalue weighted by molar-refractivity contribution is -0.142. The third-order valence-corrected chi connectivity index (χ3v) is 3.77. The summed E-state index contributed by atoms with van der Waals surface area (Å²) in [6.45, 7) is 4.07. The number of aromatic nitrogens is 5.